The highest BCUT2D eigenvalue weighted by Gasteiger charge is 2.26. The molecule has 0 bridgehead atoms. The average molecular weight is 318 g/mol. The SMILES string of the molecule is COC(C)C(=O)N(CC(=O)N1CCCCC1)c1cccc(C)c1. The third-order valence-corrected chi connectivity index (χ3v) is 4.28. The van der Waals surface area contributed by atoms with Gasteiger partial charge in [-0.3, -0.25) is 9.59 Å². The number of anilines is 1. The van der Waals surface area contributed by atoms with E-state index >= 15 is 0 Å². The van der Waals surface area contributed by atoms with E-state index in [0.29, 0.717) is 0 Å². The molecule has 23 heavy (non-hydrogen) atoms. The Bertz CT molecular complexity index is 553. The Hall–Kier alpha value is -1.88. The van der Waals surface area contributed by atoms with Crippen LogP contribution in [0.2, 0.25) is 0 Å². The van der Waals surface area contributed by atoms with Crippen molar-refractivity contribution in [2.45, 2.75) is 39.2 Å². The highest BCUT2D eigenvalue weighted by Crippen LogP contribution is 2.19. The maximum Gasteiger partial charge on any atom is 0.256 e. The minimum atomic E-state index is -0.579. The van der Waals surface area contributed by atoms with E-state index in [1.165, 1.54) is 18.4 Å². The summed E-state index contributed by atoms with van der Waals surface area (Å²) in [6.07, 6.45) is 2.67. The van der Waals surface area contributed by atoms with E-state index in [4.69, 9.17) is 4.74 Å². The third kappa shape index (κ3) is 4.55. The molecule has 5 nitrogen and oxygen atoms in total. The van der Waals surface area contributed by atoms with Crippen molar-refractivity contribution in [2.24, 2.45) is 0 Å². The first-order chi connectivity index (χ1) is 11.0. The first-order valence-electron chi connectivity index (χ1n) is 8.21. The van der Waals surface area contributed by atoms with Gasteiger partial charge < -0.3 is 14.5 Å². The Morgan fingerprint density at radius 3 is 2.57 bits per heavy atom. The largest absolute Gasteiger partial charge is 0.372 e. The van der Waals surface area contributed by atoms with Crippen LogP contribution in [0, 0.1) is 6.92 Å². The number of ether oxygens (including phenoxy) is 1. The monoisotopic (exact) mass is 318 g/mol. The molecule has 1 saturated heterocycles. The molecule has 0 spiro atoms. The first kappa shape index (κ1) is 17.5. The summed E-state index contributed by atoms with van der Waals surface area (Å²) in [4.78, 5) is 28.6. The second kappa shape index (κ2) is 8.11. The lowest BCUT2D eigenvalue weighted by Crippen LogP contribution is -2.47. The molecular formula is C18H26N2O3. The number of amides is 2. The number of rotatable bonds is 5. The van der Waals surface area contributed by atoms with E-state index in [0.717, 1.165) is 37.2 Å². The molecule has 1 aliphatic rings. The summed E-state index contributed by atoms with van der Waals surface area (Å²) in [7, 11) is 1.50. The molecule has 1 heterocycles. The molecule has 1 aliphatic heterocycles. The van der Waals surface area contributed by atoms with Crippen LogP contribution in [0.15, 0.2) is 24.3 Å². The van der Waals surface area contributed by atoms with Crippen molar-refractivity contribution < 1.29 is 14.3 Å². The predicted octanol–water partition coefficient (Wildman–Crippen LogP) is 2.38. The lowest BCUT2D eigenvalue weighted by molar-refractivity contribution is -0.134. The van der Waals surface area contributed by atoms with E-state index in [9.17, 15) is 9.59 Å². The molecule has 0 saturated carbocycles. The number of carbonyl (C=O) groups excluding carboxylic acids is 2. The number of nitrogens with zero attached hydrogens (tertiary/aromatic N) is 2. The predicted molar refractivity (Wildman–Crippen MR) is 90.4 cm³/mol. The van der Waals surface area contributed by atoms with E-state index < -0.39 is 6.10 Å². The molecule has 0 radical (unpaired) electrons. The van der Waals surface area contributed by atoms with E-state index in [1.807, 2.05) is 36.1 Å². The van der Waals surface area contributed by atoms with Crippen LogP contribution in [0.25, 0.3) is 0 Å². The molecule has 5 heteroatoms. The number of hydrogen-bond donors (Lipinski definition) is 0. The fraction of sp³-hybridized carbons (Fsp3) is 0.556. The fourth-order valence-corrected chi connectivity index (χ4v) is 2.79. The van der Waals surface area contributed by atoms with Crippen molar-refractivity contribution in [2.75, 3.05) is 31.6 Å². The van der Waals surface area contributed by atoms with Crippen LogP contribution in [-0.2, 0) is 14.3 Å². The summed E-state index contributed by atoms with van der Waals surface area (Å²) < 4.78 is 5.16. The molecule has 1 atom stereocenters. The van der Waals surface area contributed by atoms with Gasteiger partial charge in [0.05, 0.1) is 0 Å². The van der Waals surface area contributed by atoms with Crippen molar-refractivity contribution in [3.05, 3.63) is 29.8 Å². The van der Waals surface area contributed by atoms with Crippen molar-refractivity contribution in [3.63, 3.8) is 0 Å². The minimum absolute atomic E-state index is 0.00265. The maximum absolute atomic E-state index is 12.6. The normalized spacial score (nSPS) is 16.0. The summed E-state index contributed by atoms with van der Waals surface area (Å²) in [5, 5.41) is 0. The van der Waals surface area contributed by atoms with Crippen LogP contribution < -0.4 is 4.90 Å². The topological polar surface area (TPSA) is 49.9 Å². The molecule has 1 aromatic rings. The van der Waals surface area contributed by atoms with Crippen LogP contribution >= 0.6 is 0 Å². The molecule has 1 aromatic carbocycles. The van der Waals surface area contributed by atoms with Gasteiger partial charge in [-0.2, -0.15) is 0 Å². The van der Waals surface area contributed by atoms with E-state index in [-0.39, 0.29) is 18.4 Å². The molecule has 0 aromatic heterocycles. The summed E-state index contributed by atoms with van der Waals surface area (Å²) in [6.45, 7) is 5.31. The molecule has 0 aliphatic carbocycles. The van der Waals surface area contributed by atoms with Gasteiger partial charge in [0, 0.05) is 25.9 Å². The van der Waals surface area contributed by atoms with Gasteiger partial charge in [0.15, 0.2) is 0 Å². The Kier molecular flexibility index (Phi) is 6.16. The average Bonchev–Trinajstić information content (AvgIpc) is 2.58. The highest BCUT2D eigenvalue weighted by atomic mass is 16.5. The van der Waals surface area contributed by atoms with Crippen molar-refractivity contribution >= 4 is 17.5 Å². The zero-order valence-electron chi connectivity index (χ0n) is 14.2. The molecule has 1 fully saturated rings. The number of methoxy groups -OCH3 is 1. The lowest BCUT2D eigenvalue weighted by atomic mass is 10.1. The second-order valence-electron chi connectivity index (χ2n) is 6.08. The van der Waals surface area contributed by atoms with Crippen LogP contribution in [0.1, 0.15) is 31.7 Å². The number of benzene rings is 1. The summed E-state index contributed by atoms with van der Waals surface area (Å²) >= 11 is 0. The quantitative estimate of drug-likeness (QED) is 0.837. The van der Waals surface area contributed by atoms with Gasteiger partial charge in [-0.1, -0.05) is 12.1 Å². The smallest absolute Gasteiger partial charge is 0.256 e. The van der Waals surface area contributed by atoms with Gasteiger partial charge in [0.2, 0.25) is 5.91 Å². The van der Waals surface area contributed by atoms with Crippen LogP contribution in [-0.4, -0.2) is 49.6 Å². The molecule has 1 unspecified atom stereocenters. The number of likely N-dealkylation sites (tertiary alicyclic amines) is 1. The second-order valence-corrected chi connectivity index (χ2v) is 6.08. The Balaban J connectivity index is 2.19. The maximum atomic E-state index is 12.6. The number of aryl methyl sites for hydroxylation is 1. The minimum Gasteiger partial charge on any atom is -0.372 e. The Morgan fingerprint density at radius 1 is 1.26 bits per heavy atom. The Labute approximate surface area is 138 Å². The van der Waals surface area contributed by atoms with Crippen LogP contribution in [0.3, 0.4) is 0 Å². The first-order valence-corrected chi connectivity index (χ1v) is 8.21. The number of carbonyl (C=O) groups is 2. The molecule has 0 N–H and O–H groups in total. The molecular weight excluding hydrogens is 292 g/mol. The van der Waals surface area contributed by atoms with Gasteiger partial charge in [0.1, 0.15) is 12.6 Å². The van der Waals surface area contributed by atoms with Gasteiger partial charge in [-0.05, 0) is 50.8 Å². The molecule has 126 valence electrons. The van der Waals surface area contributed by atoms with Gasteiger partial charge in [0.25, 0.3) is 5.91 Å². The molecule has 2 amide bonds. The number of hydrogen-bond acceptors (Lipinski definition) is 3. The third-order valence-electron chi connectivity index (χ3n) is 4.28. The zero-order valence-corrected chi connectivity index (χ0v) is 14.2. The van der Waals surface area contributed by atoms with Crippen molar-refractivity contribution in [3.8, 4) is 0 Å². The van der Waals surface area contributed by atoms with Gasteiger partial charge in [-0.15, -0.1) is 0 Å². The van der Waals surface area contributed by atoms with Crippen LogP contribution in [0.4, 0.5) is 5.69 Å². The van der Waals surface area contributed by atoms with Crippen molar-refractivity contribution in [1.82, 2.24) is 4.90 Å². The highest BCUT2D eigenvalue weighted by molar-refractivity contribution is 6.01. The standard InChI is InChI=1S/C18H26N2O3/c1-14-8-7-9-16(12-14)20(18(22)15(2)23-3)13-17(21)19-10-5-4-6-11-19/h7-9,12,15H,4-6,10-11,13H2,1-3H3. The molecule has 2 rings (SSSR count). The van der Waals surface area contributed by atoms with E-state index in [2.05, 4.69) is 0 Å². The summed E-state index contributed by atoms with van der Waals surface area (Å²) in [6, 6.07) is 7.65. The van der Waals surface area contributed by atoms with Crippen LogP contribution in [0.5, 0.6) is 0 Å². The lowest BCUT2D eigenvalue weighted by Gasteiger charge is -2.31. The van der Waals surface area contributed by atoms with Gasteiger partial charge >= 0.3 is 0 Å². The fourth-order valence-electron chi connectivity index (χ4n) is 2.79. The Morgan fingerprint density at radius 2 is 1.96 bits per heavy atom. The summed E-state index contributed by atoms with van der Waals surface area (Å²) in [5.41, 5.74) is 1.79. The number of piperidine rings is 1. The van der Waals surface area contributed by atoms with E-state index in [1.54, 1.807) is 6.92 Å². The van der Waals surface area contributed by atoms with Crippen molar-refractivity contribution in [1.29, 1.82) is 0 Å². The zero-order chi connectivity index (χ0) is 16.8. The summed E-state index contributed by atoms with van der Waals surface area (Å²) in [5.74, 6) is -0.189. The van der Waals surface area contributed by atoms with Gasteiger partial charge in [-0.25, -0.2) is 0 Å².